The van der Waals surface area contributed by atoms with Crippen LogP contribution in [0.5, 0.6) is 0 Å². The van der Waals surface area contributed by atoms with E-state index in [-0.39, 0.29) is 37.9 Å². The molecule has 5 aliphatic rings. The van der Waals surface area contributed by atoms with Crippen LogP contribution in [0.1, 0.15) is 180 Å². The maximum atomic E-state index is 4.19. The van der Waals surface area contributed by atoms with Crippen molar-refractivity contribution in [2.24, 2.45) is 0 Å². The van der Waals surface area contributed by atoms with Gasteiger partial charge in [-0.15, -0.1) is 0 Å². The highest BCUT2D eigenvalue weighted by atomic mass is 15.0. The van der Waals surface area contributed by atoms with Gasteiger partial charge in [0.1, 0.15) is 0 Å². The molecule has 358 valence electrons. The van der Waals surface area contributed by atoms with Gasteiger partial charge in [0, 0.05) is 49.7 Å². The molecule has 0 amide bonds. The van der Waals surface area contributed by atoms with Crippen molar-refractivity contribution in [3.8, 4) is 39.1 Å². The molecule has 0 fully saturated rings. The molecule has 3 heteroatoms. The summed E-state index contributed by atoms with van der Waals surface area (Å²) in [6.07, 6.45) is 4.70. The number of nitrogens with zero attached hydrogens (tertiary/aromatic N) is 1. The summed E-state index contributed by atoms with van der Waals surface area (Å²) >= 11 is 0. The van der Waals surface area contributed by atoms with Gasteiger partial charge in [-0.1, -0.05) is 176 Å². The predicted octanol–water partition coefficient (Wildman–Crippen LogP) is 16.5. The van der Waals surface area contributed by atoms with E-state index < -0.39 is 0 Å². The summed E-state index contributed by atoms with van der Waals surface area (Å²) in [6.45, 7) is 36.8. The molecule has 2 nitrogen and oxygen atoms in total. The average Bonchev–Trinajstić information content (AvgIpc) is 3.86. The maximum Gasteiger partial charge on any atom is 0.198 e. The van der Waals surface area contributed by atoms with E-state index >= 15 is 0 Å². The number of aromatic nitrogens is 1. The lowest BCUT2D eigenvalue weighted by atomic mass is 9.56. The predicted molar refractivity (Wildman–Crippen MR) is 307 cm³/mol. The molecule has 0 bridgehead atoms. The third kappa shape index (κ3) is 6.08. The topological polar surface area (TPSA) is 17.0 Å². The summed E-state index contributed by atoms with van der Waals surface area (Å²) in [5.41, 5.74) is 30.7. The van der Waals surface area contributed by atoms with E-state index in [9.17, 15) is 0 Å². The fourth-order valence-corrected chi connectivity index (χ4v) is 14.9. The highest BCUT2D eigenvalue weighted by Crippen LogP contribution is 2.60. The monoisotopic (exact) mass is 929 g/mol. The molecule has 1 aromatic heterocycles. The Morgan fingerprint density at radius 1 is 0.493 bits per heavy atom. The minimum absolute atomic E-state index is 0.0246. The Hall–Kier alpha value is -5.80. The normalized spacial score (nSPS) is 19.5. The Balaban J connectivity index is 1.22. The van der Waals surface area contributed by atoms with Crippen molar-refractivity contribution in [2.45, 2.75) is 167 Å². The molecular formula is C68H73BN2. The molecule has 0 saturated heterocycles. The molecule has 7 aromatic carbocycles. The van der Waals surface area contributed by atoms with Gasteiger partial charge in [-0.2, -0.15) is 0 Å². The summed E-state index contributed by atoms with van der Waals surface area (Å²) in [6, 6.07) is 43.8. The van der Waals surface area contributed by atoms with Crippen molar-refractivity contribution in [1.82, 2.24) is 4.57 Å². The third-order valence-electron chi connectivity index (χ3n) is 19.5. The summed E-state index contributed by atoms with van der Waals surface area (Å²) in [4.78, 5) is 0. The number of fused-ring (bicyclic) bond motifs is 14. The number of hydrogen-bond donors (Lipinski definition) is 1. The zero-order valence-corrected chi connectivity index (χ0v) is 45.4. The van der Waals surface area contributed by atoms with E-state index in [4.69, 9.17) is 0 Å². The number of rotatable bonds is 3. The number of nitrogens with one attached hydrogen (secondary N) is 1. The first kappa shape index (κ1) is 45.1. The highest BCUT2D eigenvalue weighted by Gasteiger charge is 2.47. The van der Waals surface area contributed by atoms with Gasteiger partial charge >= 0.3 is 0 Å². The SMILES string of the molecule is CC(C)(C)c1ccc(Nc2cc3c(cc2-c2c4c(c5c6cc7c(cc6n6c5c2Bc2cc5c(cc2-6)-c2ccccc2C5(C)C)C(C)(C)CCC7(C)C)-c2ccccc2C4(C)C)C(C)(C)CCC3(C)C)cc1. The second-order valence-corrected chi connectivity index (χ2v) is 27.6. The molecule has 8 aromatic rings. The van der Waals surface area contributed by atoms with Crippen LogP contribution in [-0.4, -0.2) is 11.8 Å². The van der Waals surface area contributed by atoms with Gasteiger partial charge in [0.15, 0.2) is 7.28 Å². The van der Waals surface area contributed by atoms with Crippen molar-refractivity contribution in [3.05, 3.63) is 159 Å². The number of anilines is 2. The molecule has 0 radical (unpaired) electrons. The summed E-state index contributed by atoms with van der Waals surface area (Å²) in [5, 5.41) is 7.03. The lowest BCUT2D eigenvalue weighted by Crippen LogP contribution is -2.39. The molecule has 0 spiro atoms. The second-order valence-electron chi connectivity index (χ2n) is 27.6. The van der Waals surface area contributed by atoms with E-state index in [2.05, 4.69) is 223 Å². The van der Waals surface area contributed by atoms with Crippen LogP contribution in [0.25, 0.3) is 60.9 Å². The Morgan fingerprint density at radius 2 is 1.04 bits per heavy atom. The van der Waals surface area contributed by atoms with Crippen molar-refractivity contribution in [1.29, 1.82) is 0 Å². The standard InChI is InChI=1S/C68H73BN2/c1-62(2,3)38-24-26-39(27-25-38)70-53-36-50-48(63(4,5)28-30-65(50,8)9)32-43(53)58-59-56(41-21-17-19-23-46(41)68(59,14)15)57-44-33-49-51(66(10,11)31-29-64(49,6)7)37-54(44)71-55-34-42-40-20-16-18-22-45(40)67(12,13)47(42)35-52(55)69-60(58)61(57)71/h16-27,32-37,69-70H,28-31H2,1-15H3. The van der Waals surface area contributed by atoms with Crippen LogP contribution in [0.15, 0.2) is 109 Å². The highest BCUT2D eigenvalue weighted by molar-refractivity contribution is 6.74. The van der Waals surface area contributed by atoms with Crippen molar-refractivity contribution >= 4 is 51.4 Å². The Labute approximate surface area is 424 Å². The first-order chi connectivity index (χ1) is 33.3. The van der Waals surface area contributed by atoms with E-state index in [1.165, 1.54) is 147 Å². The van der Waals surface area contributed by atoms with Gasteiger partial charge in [0.05, 0.1) is 5.52 Å². The first-order valence-electron chi connectivity index (χ1n) is 27.0. The molecule has 71 heavy (non-hydrogen) atoms. The number of benzene rings is 7. The molecule has 1 N–H and O–H groups in total. The number of hydrogen-bond acceptors (Lipinski definition) is 1. The molecular weight excluding hydrogens is 856 g/mol. The maximum absolute atomic E-state index is 4.19. The van der Waals surface area contributed by atoms with Gasteiger partial charge in [0.25, 0.3) is 0 Å². The van der Waals surface area contributed by atoms with E-state index in [0.717, 1.165) is 19.4 Å². The van der Waals surface area contributed by atoms with Crippen LogP contribution in [0.2, 0.25) is 0 Å². The summed E-state index contributed by atoms with van der Waals surface area (Å²) in [7, 11) is 0.860. The third-order valence-corrected chi connectivity index (χ3v) is 19.5. The minimum Gasteiger partial charge on any atom is -0.355 e. The van der Waals surface area contributed by atoms with Gasteiger partial charge < -0.3 is 9.88 Å². The molecule has 0 unspecified atom stereocenters. The first-order valence-corrected chi connectivity index (χ1v) is 27.0. The Morgan fingerprint density at radius 3 is 1.66 bits per heavy atom. The van der Waals surface area contributed by atoms with Crippen LogP contribution in [0, 0.1) is 0 Å². The fraction of sp³-hybridized carbons (Fsp3) is 0.382. The Kier molecular flexibility index (Phi) is 8.91. The van der Waals surface area contributed by atoms with Gasteiger partial charge in [-0.05, 0) is 179 Å². The quantitative estimate of drug-likeness (QED) is 0.175. The smallest absolute Gasteiger partial charge is 0.198 e. The van der Waals surface area contributed by atoms with Crippen molar-refractivity contribution in [2.75, 3.05) is 5.32 Å². The van der Waals surface area contributed by atoms with Crippen molar-refractivity contribution in [3.63, 3.8) is 0 Å². The summed E-state index contributed by atoms with van der Waals surface area (Å²) < 4.78 is 2.78. The minimum atomic E-state index is -0.270. The second kappa shape index (κ2) is 14.0. The van der Waals surface area contributed by atoms with Gasteiger partial charge in [-0.3, -0.25) is 0 Å². The van der Waals surface area contributed by atoms with Crippen molar-refractivity contribution < 1.29 is 0 Å². The largest absolute Gasteiger partial charge is 0.355 e. The molecule has 0 saturated carbocycles. The van der Waals surface area contributed by atoms with Crippen LogP contribution in [0.3, 0.4) is 0 Å². The molecule has 13 rings (SSSR count). The van der Waals surface area contributed by atoms with Gasteiger partial charge in [0.2, 0.25) is 0 Å². The van der Waals surface area contributed by atoms with Crippen LogP contribution in [0.4, 0.5) is 11.4 Å². The summed E-state index contributed by atoms with van der Waals surface area (Å²) in [5.74, 6) is 0. The molecule has 4 aliphatic carbocycles. The fourth-order valence-electron chi connectivity index (χ4n) is 14.9. The van der Waals surface area contributed by atoms with Crippen LogP contribution >= 0.6 is 0 Å². The molecule has 2 heterocycles. The van der Waals surface area contributed by atoms with Gasteiger partial charge in [-0.25, -0.2) is 0 Å². The van der Waals surface area contributed by atoms with Crippen LogP contribution < -0.4 is 16.2 Å². The molecule has 1 aliphatic heterocycles. The zero-order valence-electron chi connectivity index (χ0n) is 45.4. The average molecular weight is 929 g/mol. The lowest BCUT2D eigenvalue weighted by molar-refractivity contribution is 0.332. The zero-order chi connectivity index (χ0) is 49.9. The molecule has 0 atom stereocenters. The Bertz CT molecular complexity index is 3670. The lowest BCUT2D eigenvalue weighted by Gasteiger charge is -2.43. The van der Waals surface area contributed by atoms with Crippen LogP contribution in [-0.2, 0) is 37.9 Å². The van der Waals surface area contributed by atoms with E-state index in [1.54, 1.807) is 0 Å². The van der Waals surface area contributed by atoms with E-state index in [1.807, 2.05) is 0 Å². The van der Waals surface area contributed by atoms with E-state index in [0.29, 0.717) is 0 Å².